The molecule has 3 heterocycles. The van der Waals surface area contributed by atoms with Crippen molar-refractivity contribution < 1.29 is 14.3 Å². The van der Waals surface area contributed by atoms with Crippen LogP contribution in [0.5, 0.6) is 11.6 Å². The molecule has 6 heteroatoms. The van der Waals surface area contributed by atoms with Gasteiger partial charge in [-0.25, -0.2) is 4.98 Å². The Bertz CT molecular complexity index is 642. The van der Waals surface area contributed by atoms with Crippen LogP contribution in [0.15, 0.2) is 18.3 Å². The number of nitrogens with zero attached hydrogens (tertiary/aromatic N) is 3. The van der Waals surface area contributed by atoms with Crippen molar-refractivity contribution in [2.75, 3.05) is 25.7 Å². The number of methoxy groups -OCH3 is 1. The van der Waals surface area contributed by atoms with Crippen LogP contribution >= 0.6 is 0 Å². The number of likely N-dealkylation sites (N-methyl/N-ethyl adjacent to an activating group) is 1. The number of carbonyl (C=O) groups excluding carboxylic acids is 1. The van der Waals surface area contributed by atoms with Crippen molar-refractivity contribution in [2.45, 2.75) is 0 Å². The lowest BCUT2D eigenvalue weighted by atomic mass is 10.2. The summed E-state index contributed by atoms with van der Waals surface area (Å²) in [4.78, 5) is 21.6. The summed E-state index contributed by atoms with van der Waals surface area (Å²) in [5, 5.41) is 0. The Labute approximate surface area is 103 Å². The summed E-state index contributed by atoms with van der Waals surface area (Å²) in [5.74, 6) is 0.952. The van der Waals surface area contributed by atoms with Gasteiger partial charge in [-0.15, -0.1) is 0 Å². The number of ether oxygens (including phenoxy) is 2. The first-order valence-corrected chi connectivity index (χ1v) is 5.44. The maximum Gasteiger partial charge on any atom is 0.264 e. The highest BCUT2D eigenvalue weighted by molar-refractivity contribution is 6.01. The molecule has 6 nitrogen and oxygen atoms in total. The molecule has 0 fully saturated rings. The second-order valence-electron chi connectivity index (χ2n) is 3.94. The summed E-state index contributed by atoms with van der Waals surface area (Å²) in [6.45, 7) is 0.0154. The number of rotatable bonds is 1. The Morgan fingerprint density at radius 1 is 1.44 bits per heavy atom. The molecular weight excluding hydrogens is 234 g/mol. The SMILES string of the molecule is COc1ccc2ncc3c(c2n1)OCC(=O)N3C. The summed E-state index contributed by atoms with van der Waals surface area (Å²) >= 11 is 0. The van der Waals surface area contributed by atoms with Crippen LogP contribution in [0, 0.1) is 0 Å². The van der Waals surface area contributed by atoms with Gasteiger partial charge in [0.15, 0.2) is 12.4 Å². The van der Waals surface area contributed by atoms with Gasteiger partial charge in [-0.2, -0.15) is 0 Å². The highest BCUT2D eigenvalue weighted by Gasteiger charge is 2.25. The smallest absolute Gasteiger partial charge is 0.264 e. The minimum atomic E-state index is -0.105. The summed E-state index contributed by atoms with van der Waals surface area (Å²) in [6.07, 6.45) is 1.61. The fourth-order valence-electron chi connectivity index (χ4n) is 1.88. The zero-order valence-electron chi connectivity index (χ0n) is 10.0. The lowest BCUT2D eigenvalue weighted by Crippen LogP contribution is -2.35. The predicted molar refractivity (Wildman–Crippen MR) is 65.0 cm³/mol. The molecule has 0 radical (unpaired) electrons. The molecule has 0 bridgehead atoms. The highest BCUT2D eigenvalue weighted by Crippen LogP contribution is 2.36. The summed E-state index contributed by atoms with van der Waals surface area (Å²) < 4.78 is 10.6. The number of carbonyl (C=O) groups is 1. The van der Waals surface area contributed by atoms with Gasteiger partial charge < -0.3 is 14.4 Å². The number of anilines is 1. The topological polar surface area (TPSA) is 64.6 Å². The van der Waals surface area contributed by atoms with Crippen molar-refractivity contribution in [1.82, 2.24) is 9.97 Å². The molecule has 1 aliphatic rings. The van der Waals surface area contributed by atoms with E-state index in [9.17, 15) is 4.79 Å². The molecule has 0 saturated heterocycles. The second kappa shape index (κ2) is 3.83. The molecule has 0 unspecified atom stereocenters. The Kier molecular flexibility index (Phi) is 2.29. The number of pyridine rings is 2. The molecule has 0 saturated carbocycles. The highest BCUT2D eigenvalue weighted by atomic mass is 16.5. The maximum atomic E-state index is 11.5. The minimum absolute atomic E-state index is 0.0154. The van der Waals surface area contributed by atoms with Crippen LogP contribution in [0.2, 0.25) is 0 Å². The Morgan fingerprint density at radius 3 is 3.06 bits per heavy atom. The standard InChI is InChI=1S/C12H11N3O3/c1-15-8-5-13-7-3-4-9(17-2)14-11(7)12(8)18-6-10(15)16/h3-5H,6H2,1-2H3. The van der Waals surface area contributed by atoms with E-state index >= 15 is 0 Å². The molecule has 0 N–H and O–H groups in total. The number of hydrogen-bond donors (Lipinski definition) is 0. The van der Waals surface area contributed by atoms with Gasteiger partial charge in [0.25, 0.3) is 5.91 Å². The van der Waals surface area contributed by atoms with Gasteiger partial charge >= 0.3 is 0 Å². The third kappa shape index (κ3) is 1.46. The van der Waals surface area contributed by atoms with Crippen molar-refractivity contribution in [3.05, 3.63) is 18.3 Å². The summed E-state index contributed by atoms with van der Waals surface area (Å²) in [5.41, 5.74) is 1.93. The quantitative estimate of drug-likeness (QED) is 0.749. The molecule has 2 aromatic heterocycles. The predicted octanol–water partition coefficient (Wildman–Crippen LogP) is 0.994. The molecule has 1 amide bonds. The Balaban J connectivity index is 2.27. The van der Waals surface area contributed by atoms with Crippen LogP contribution in [0.1, 0.15) is 0 Å². The molecule has 92 valence electrons. The van der Waals surface area contributed by atoms with E-state index in [1.54, 1.807) is 32.5 Å². The van der Waals surface area contributed by atoms with E-state index in [-0.39, 0.29) is 12.5 Å². The average Bonchev–Trinajstić information content (AvgIpc) is 2.41. The molecule has 0 aromatic carbocycles. The van der Waals surface area contributed by atoms with Crippen LogP contribution in [0.3, 0.4) is 0 Å². The van der Waals surface area contributed by atoms with Crippen LogP contribution in [-0.4, -0.2) is 36.6 Å². The van der Waals surface area contributed by atoms with Gasteiger partial charge in [0.1, 0.15) is 11.2 Å². The number of aromatic nitrogens is 2. The number of fused-ring (bicyclic) bond motifs is 3. The maximum absolute atomic E-state index is 11.5. The van der Waals surface area contributed by atoms with E-state index in [0.717, 1.165) is 0 Å². The summed E-state index contributed by atoms with van der Waals surface area (Å²) in [7, 11) is 3.24. The van der Waals surface area contributed by atoms with Gasteiger partial charge in [-0.05, 0) is 6.07 Å². The Hall–Kier alpha value is -2.37. The van der Waals surface area contributed by atoms with E-state index in [1.165, 1.54) is 4.90 Å². The zero-order valence-corrected chi connectivity index (χ0v) is 10.0. The largest absolute Gasteiger partial charge is 0.481 e. The normalized spacial score (nSPS) is 14.3. The minimum Gasteiger partial charge on any atom is -0.481 e. The van der Waals surface area contributed by atoms with E-state index in [4.69, 9.17) is 9.47 Å². The van der Waals surface area contributed by atoms with Crippen molar-refractivity contribution in [2.24, 2.45) is 0 Å². The first-order chi connectivity index (χ1) is 8.70. The van der Waals surface area contributed by atoms with Crippen molar-refractivity contribution in [3.63, 3.8) is 0 Å². The van der Waals surface area contributed by atoms with Crippen LogP contribution in [0.25, 0.3) is 11.0 Å². The van der Waals surface area contributed by atoms with Crippen LogP contribution < -0.4 is 14.4 Å². The van der Waals surface area contributed by atoms with E-state index in [0.29, 0.717) is 28.4 Å². The molecule has 0 aliphatic carbocycles. The van der Waals surface area contributed by atoms with E-state index in [2.05, 4.69) is 9.97 Å². The molecule has 0 atom stereocenters. The van der Waals surface area contributed by atoms with E-state index in [1.807, 2.05) is 0 Å². The van der Waals surface area contributed by atoms with Gasteiger partial charge in [-0.1, -0.05) is 0 Å². The molecule has 18 heavy (non-hydrogen) atoms. The first kappa shape index (κ1) is 10.8. The van der Waals surface area contributed by atoms with Gasteiger partial charge in [0, 0.05) is 13.1 Å². The average molecular weight is 245 g/mol. The third-order valence-electron chi connectivity index (χ3n) is 2.91. The van der Waals surface area contributed by atoms with Crippen LogP contribution in [0.4, 0.5) is 5.69 Å². The van der Waals surface area contributed by atoms with Crippen LogP contribution in [-0.2, 0) is 4.79 Å². The second-order valence-corrected chi connectivity index (χ2v) is 3.94. The Morgan fingerprint density at radius 2 is 2.28 bits per heavy atom. The van der Waals surface area contributed by atoms with E-state index < -0.39 is 0 Å². The third-order valence-corrected chi connectivity index (χ3v) is 2.91. The molecule has 0 spiro atoms. The lowest BCUT2D eigenvalue weighted by Gasteiger charge is -2.25. The van der Waals surface area contributed by atoms with Crippen molar-refractivity contribution >= 4 is 22.6 Å². The summed E-state index contributed by atoms with van der Waals surface area (Å²) in [6, 6.07) is 3.54. The number of hydrogen-bond acceptors (Lipinski definition) is 5. The number of amides is 1. The molecule has 1 aliphatic heterocycles. The molecular formula is C12H11N3O3. The fraction of sp³-hybridized carbons (Fsp3) is 0.250. The fourth-order valence-corrected chi connectivity index (χ4v) is 1.88. The van der Waals surface area contributed by atoms with Crippen molar-refractivity contribution in [3.8, 4) is 11.6 Å². The zero-order chi connectivity index (χ0) is 12.7. The molecule has 2 aromatic rings. The van der Waals surface area contributed by atoms with Gasteiger partial charge in [-0.3, -0.25) is 9.78 Å². The first-order valence-electron chi connectivity index (χ1n) is 5.44. The molecule has 3 rings (SSSR count). The van der Waals surface area contributed by atoms with Gasteiger partial charge in [0.05, 0.1) is 18.8 Å². The van der Waals surface area contributed by atoms with Gasteiger partial charge in [0.2, 0.25) is 5.88 Å². The lowest BCUT2D eigenvalue weighted by molar-refractivity contribution is -0.120. The monoisotopic (exact) mass is 245 g/mol. The van der Waals surface area contributed by atoms with Crippen molar-refractivity contribution in [1.29, 1.82) is 0 Å².